The summed E-state index contributed by atoms with van der Waals surface area (Å²) < 4.78 is 16.3. The summed E-state index contributed by atoms with van der Waals surface area (Å²) >= 11 is 0. The molecule has 2 aromatic carbocycles. The van der Waals surface area contributed by atoms with Crippen molar-refractivity contribution in [1.82, 2.24) is 5.32 Å². The molecule has 0 aliphatic carbocycles. The van der Waals surface area contributed by atoms with Gasteiger partial charge in [0.2, 0.25) is 6.10 Å². The number of methoxy groups -OCH3 is 1. The van der Waals surface area contributed by atoms with Crippen molar-refractivity contribution in [3.05, 3.63) is 54.1 Å². The van der Waals surface area contributed by atoms with Gasteiger partial charge < -0.3 is 19.5 Å². The first-order valence-corrected chi connectivity index (χ1v) is 7.05. The number of benzene rings is 2. The Morgan fingerprint density at radius 1 is 1.18 bits per heavy atom. The Kier molecular flexibility index (Phi) is 4.14. The largest absolute Gasteiger partial charge is 0.497 e. The molecule has 5 heteroatoms. The maximum Gasteiger partial charge on any atom is 0.264 e. The van der Waals surface area contributed by atoms with E-state index in [1.165, 1.54) is 0 Å². The number of ether oxygens (including phenoxy) is 3. The first-order valence-electron chi connectivity index (χ1n) is 7.05. The second kappa shape index (κ2) is 6.39. The van der Waals surface area contributed by atoms with Gasteiger partial charge in [-0.25, -0.2) is 0 Å². The lowest BCUT2D eigenvalue weighted by Crippen LogP contribution is -2.43. The van der Waals surface area contributed by atoms with Gasteiger partial charge in [-0.15, -0.1) is 0 Å². The van der Waals surface area contributed by atoms with E-state index < -0.39 is 6.10 Å². The molecular weight excluding hydrogens is 282 g/mol. The quantitative estimate of drug-likeness (QED) is 0.940. The molecule has 0 unspecified atom stereocenters. The van der Waals surface area contributed by atoms with Gasteiger partial charge in [0.05, 0.1) is 7.11 Å². The maximum absolute atomic E-state index is 12.2. The number of rotatable bonds is 4. The molecule has 0 radical (unpaired) electrons. The molecule has 1 N–H and O–H groups in total. The molecule has 3 rings (SSSR count). The van der Waals surface area contributed by atoms with Crippen molar-refractivity contribution < 1.29 is 19.0 Å². The average molecular weight is 299 g/mol. The van der Waals surface area contributed by atoms with Crippen LogP contribution in [0.2, 0.25) is 0 Å². The molecule has 114 valence electrons. The zero-order valence-electron chi connectivity index (χ0n) is 12.2. The normalized spacial score (nSPS) is 16.0. The van der Waals surface area contributed by atoms with Gasteiger partial charge in [-0.3, -0.25) is 4.79 Å². The van der Waals surface area contributed by atoms with Crippen LogP contribution in [-0.2, 0) is 11.3 Å². The molecule has 2 aromatic rings. The third-order valence-corrected chi connectivity index (χ3v) is 3.43. The number of amides is 1. The molecule has 1 aliphatic rings. The van der Waals surface area contributed by atoms with Crippen LogP contribution in [0.5, 0.6) is 17.2 Å². The van der Waals surface area contributed by atoms with Gasteiger partial charge in [0.25, 0.3) is 5.91 Å². The molecular formula is C17H17NO4. The van der Waals surface area contributed by atoms with E-state index in [1.54, 1.807) is 13.2 Å². The summed E-state index contributed by atoms with van der Waals surface area (Å²) in [5.74, 6) is 1.86. The first kappa shape index (κ1) is 14.3. The van der Waals surface area contributed by atoms with Crippen LogP contribution in [0, 0.1) is 0 Å². The van der Waals surface area contributed by atoms with Gasteiger partial charge in [-0.05, 0) is 29.8 Å². The molecule has 5 nitrogen and oxygen atoms in total. The predicted molar refractivity (Wildman–Crippen MR) is 81.2 cm³/mol. The topological polar surface area (TPSA) is 56.8 Å². The van der Waals surface area contributed by atoms with Crippen LogP contribution in [0.15, 0.2) is 48.5 Å². The number of carbonyl (C=O) groups is 1. The molecule has 0 fully saturated rings. The SMILES string of the molecule is COc1ccc(CNC(=O)[C@@H]2COc3ccccc3O2)cc1. The summed E-state index contributed by atoms with van der Waals surface area (Å²) in [6, 6.07) is 14.9. The van der Waals surface area contributed by atoms with Gasteiger partial charge in [0, 0.05) is 6.54 Å². The number of carbonyl (C=O) groups excluding carboxylic acids is 1. The summed E-state index contributed by atoms with van der Waals surface area (Å²) in [5, 5.41) is 2.85. The van der Waals surface area contributed by atoms with Gasteiger partial charge in [-0.2, -0.15) is 0 Å². The van der Waals surface area contributed by atoms with Gasteiger partial charge >= 0.3 is 0 Å². The predicted octanol–water partition coefficient (Wildman–Crippen LogP) is 2.15. The van der Waals surface area contributed by atoms with Crippen LogP contribution in [0.1, 0.15) is 5.56 Å². The van der Waals surface area contributed by atoms with E-state index in [0.717, 1.165) is 11.3 Å². The smallest absolute Gasteiger partial charge is 0.264 e. The van der Waals surface area contributed by atoms with Crippen molar-refractivity contribution >= 4 is 5.91 Å². The van der Waals surface area contributed by atoms with Gasteiger partial charge in [0.15, 0.2) is 11.5 Å². The molecule has 1 amide bonds. The number of para-hydroxylation sites is 2. The van der Waals surface area contributed by atoms with Crippen LogP contribution in [0.4, 0.5) is 0 Å². The highest BCUT2D eigenvalue weighted by atomic mass is 16.6. The van der Waals surface area contributed by atoms with Crippen molar-refractivity contribution in [2.24, 2.45) is 0 Å². The Hall–Kier alpha value is -2.69. The lowest BCUT2D eigenvalue weighted by Gasteiger charge is -2.25. The molecule has 1 aliphatic heterocycles. The van der Waals surface area contributed by atoms with E-state index in [4.69, 9.17) is 14.2 Å². The van der Waals surface area contributed by atoms with Crippen LogP contribution < -0.4 is 19.5 Å². The summed E-state index contributed by atoms with van der Waals surface area (Å²) in [6.45, 7) is 0.649. The Bertz CT molecular complexity index is 654. The standard InChI is InChI=1S/C17H17NO4/c1-20-13-8-6-12(7-9-13)10-18-17(19)16-11-21-14-4-2-3-5-15(14)22-16/h2-9,16H,10-11H2,1H3,(H,18,19)/t16-/m0/s1. The highest BCUT2D eigenvalue weighted by molar-refractivity contribution is 5.81. The highest BCUT2D eigenvalue weighted by Crippen LogP contribution is 2.30. The van der Waals surface area contributed by atoms with E-state index in [1.807, 2.05) is 42.5 Å². The monoisotopic (exact) mass is 299 g/mol. The minimum atomic E-state index is -0.631. The zero-order valence-corrected chi connectivity index (χ0v) is 12.2. The highest BCUT2D eigenvalue weighted by Gasteiger charge is 2.26. The molecule has 1 heterocycles. The Morgan fingerprint density at radius 2 is 1.91 bits per heavy atom. The van der Waals surface area contributed by atoms with Crippen molar-refractivity contribution in [3.8, 4) is 17.2 Å². The summed E-state index contributed by atoms with van der Waals surface area (Å²) in [5.41, 5.74) is 0.992. The number of hydrogen-bond donors (Lipinski definition) is 1. The van der Waals surface area contributed by atoms with Crippen LogP contribution >= 0.6 is 0 Å². The molecule has 0 bridgehead atoms. The number of hydrogen-bond acceptors (Lipinski definition) is 4. The Labute approximate surface area is 128 Å². The summed E-state index contributed by atoms with van der Waals surface area (Å²) in [6.07, 6.45) is -0.631. The van der Waals surface area contributed by atoms with Crippen LogP contribution in [0.3, 0.4) is 0 Å². The lowest BCUT2D eigenvalue weighted by molar-refractivity contribution is -0.130. The van der Waals surface area contributed by atoms with Crippen LogP contribution in [0.25, 0.3) is 0 Å². The van der Waals surface area contributed by atoms with Crippen molar-refractivity contribution in [2.75, 3.05) is 13.7 Å². The van der Waals surface area contributed by atoms with Gasteiger partial charge in [0.1, 0.15) is 12.4 Å². The summed E-state index contributed by atoms with van der Waals surface area (Å²) in [4.78, 5) is 12.2. The van der Waals surface area contributed by atoms with Crippen LogP contribution in [-0.4, -0.2) is 25.7 Å². The van der Waals surface area contributed by atoms with E-state index in [2.05, 4.69) is 5.32 Å². The average Bonchev–Trinajstić information content (AvgIpc) is 2.59. The molecule has 0 saturated heterocycles. The molecule has 22 heavy (non-hydrogen) atoms. The zero-order chi connectivity index (χ0) is 15.4. The van der Waals surface area contributed by atoms with Crippen molar-refractivity contribution in [1.29, 1.82) is 0 Å². The van der Waals surface area contributed by atoms with E-state index in [0.29, 0.717) is 18.0 Å². The fraction of sp³-hybridized carbons (Fsp3) is 0.235. The fourth-order valence-electron chi connectivity index (χ4n) is 2.20. The molecule has 0 saturated carbocycles. The number of nitrogens with one attached hydrogen (secondary N) is 1. The fourth-order valence-corrected chi connectivity index (χ4v) is 2.20. The minimum absolute atomic E-state index is 0.190. The van der Waals surface area contributed by atoms with Crippen molar-refractivity contribution in [2.45, 2.75) is 12.6 Å². The van der Waals surface area contributed by atoms with Gasteiger partial charge in [-0.1, -0.05) is 24.3 Å². The Balaban J connectivity index is 1.56. The lowest BCUT2D eigenvalue weighted by atomic mass is 10.2. The first-order chi connectivity index (χ1) is 10.8. The van der Waals surface area contributed by atoms with E-state index in [9.17, 15) is 4.79 Å². The third-order valence-electron chi connectivity index (χ3n) is 3.43. The van der Waals surface area contributed by atoms with E-state index in [-0.39, 0.29) is 12.5 Å². The molecule has 0 spiro atoms. The second-order valence-electron chi connectivity index (χ2n) is 4.93. The Morgan fingerprint density at radius 3 is 2.64 bits per heavy atom. The molecule has 0 aromatic heterocycles. The van der Waals surface area contributed by atoms with E-state index >= 15 is 0 Å². The molecule has 1 atom stereocenters. The van der Waals surface area contributed by atoms with Crippen molar-refractivity contribution in [3.63, 3.8) is 0 Å². The minimum Gasteiger partial charge on any atom is -0.497 e. The maximum atomic E-state index is 12.2. The number of fused-ring (bicyclic) bond motifs is 1. The third kappa shape index (κ3) is 3.14. The summed E-state index contributed by atoms with van der Waals surface area (Å²) in [7, 11) is 1.62. The second-order valence-corrected chi connectivity index (χ2v) is 4.93.